The second-order valence-corrected chi connectivity index (χ2v) is 6.51. The van der Waals surface area contributed by atoms with Crippen molar-refractivity contribution >= 4 is 5.69 Å². The van der Waals surface area contributed by atoms with Gasteiger partial charge in [0.15, 0.2) is 0 Å². The average molecular weight is 261 g/mol. The lowest BCUT2D eigenvalue weighted by atomic mass is 9.81. The SMILES string of the molecule is CC1(c2ccc(N)c(C3(C)CO3)c2C2(C)CO2)CO1. The predicted molar refractivity (Wildman–Crippen MR) is 70.8 cm³/mol. The van der Waals surface area contributed by atoms with E-state index < -0.39 is 0 Å². The molecule has 1 aromatic carbocycles. The van der Waals surface area contributed by atoms with Gasteiger partial charge in [-0.1, -0.05) is 6.07 Å². The molecule has 3 heterocycles. The number of epoxide rings is 3. The van der Waals surface area contributed by atoms with E-state index in [-0.39, 0.29) is 16.8 Å². The third-order valence-corrected chi connectivity index (χ3v) is 4.60. The molecule has 2 N–H and O–H groups in total. The van der Waals surface area contributed by atoms with Gasteiger partial charge in [0.05, 0.1) is 19.8 Å². The lowest BCUT2D eigenvalue weighted by molar-refractivity contribution is 0.292. The van der Waals surface area contributed by atoms with E-state index in [0.717, 1.165) is 31.1 Å². The molecule has 0 spiro atoms. The van der Waals surface area contributed by atoms with Gasteiger partial charge in [-0.25, -0.2) is 0 Å². The van der Waals surface area contributed by atoms with E-state index in [4.69, 9.17) is 19.9 Å². The summed E-state index contributed by atoms with van der Waals surface area (Å²) < 4.78 is 17.0. The molecule has 3 aliphatic heterocycles. The van der Waals surface area contributed by atoms with E-state index in [1.807, 2.05) is 6.07 Å². The van der Waals surface area contributed by atoms with Crippen molar-refractivity contribution in [2.75, 3.05) is 25.6 Å². The number of nitrogens with two attached hydrogens (primary N) is 1. The van der Waals surface area contributed by atoms with Crippen LogP contribution in [0.3, 0.4) is 0 Å². The van der Waals surface area contributed by atoms with Gasteiger partial charge in [-0.3, -0.25) is 0 Å². The van der Waals surface area contributed by atoms with E-state index in [9.17, 15) is 0 Å². The van der Waals surface area contributed by atoms with Gasteiger partial charge < -0.3 is 19.9 Å². The minimum Gasteiger partial charge on any atom is -0.398 e. The first-order chi connectivity index (χ1) is 8.88. The maximum Gasteiger partial charge on any atom is 0.116 e. The zero-order valence-corrected chi connectivity index (χ0v) is 11.6. The van der Waals surface area contributed by atoms with E-state index in [1.54, 1.807) is 0 Å². The van der Waals surface area contributed by atoms with Crippen molar-refractivity contribution in [1.82, 2.24) is 0 Å². The number of nitrogen functional groups attached to an aromatic ring is 1. The molecule has 1 aromatic rings. The number of rotatable bonds is 3. The molecule has 0 radical (unpaired) electrons. The quantitative estimate of drug-likeness (QED) is 0.667. The Morgan fingerprint density at radius 1 is 0.842 bits per heavy atom. The highest BCUT2D eigenvalue weighted by atomic mass is 16.6. The van der Waals surface area contributed by atoms with E-state index in [1.165, 1.54) is 11.1 Å². The molecule has 102 valence electrons. The minimum absolute atomic E-state index is 0.183. The highest BCUT2D eigenvalue weighted by Crippen LogP contribution is 2.54. The monoisotopic (exact) mass is 261 g/mol. The summed E-state index contributed by atoms with van der Waals surface area (Å²) in [7, 11) is 0. The fourth-order valence-corrected chi connectivity index (χ4v) is 2.95. The number of anilines is 1. The Labute approximate surface area is 112 Å². The van der Waals surface area contributed by atoms with Crippen LogP contribution in [-0.4, -0.2) is 19.8 Å². The van der Waals surface area contributed by atoms with Crippen LogP contribution in [0.4, 0.5) is 5.69 Å². The number of hydrogen-bond donors (Lipinski definition) is 1. The van der Waals surface area contributed by atoms with Crippen molar-refractivity contribution in [1.29, 1.82) is 0 Å². The minimum atomic E-state index is -0.254. The summed E-state index contributed by atoms with van der Waals surface area (Å²) in [6.07, 6.45) is 0. The van der Waals surface area contributed by atoms with Crippen molar-refractivity contribution < 1.29 is 14.2 Å². The third kappa shape index (κ3) is 1.57. The Morgan fingerprint density at radius 2 is 1.32 bits per heavy atom. The van der Waals surface area contributed by atoms with Crippen molar-refractivity contribution in [2.24, 2.45) is 0 Å². The fraction of sp³-hybridized carbons (Fsp3) is 0.600. The summed E-state index contributed by atoms with van der Waals surface area (Å²) in [6, 6.07) is 4.06. The van der Waals surface area contributed by atoms with Crippen molar-refractivity contribution in [3.05, 3.63) is 28.8 Å². The van der Waals surface area contributed by atoms with Gasteiger partial charge in [-0.15, -0.1) is 0 Å². The van der Waals surface area contributed by atoms with E-state index in [2.05, 4.69) is 26.8 Å². The predicted octanol–water partition coefficient (Wildman–Crippen LogP) is 2.00. The molecule has 3 atom stereocenters. The molecule has 3 unspecified atom stereocenters. The van der Waals surface area contributed by atoms with Crippen LogP contribution in [0, 0.1) is 0 Å². The second kappa shape index (κ2) is 3.14. The Bertz CT molecular complexity index is 569. The van der Waals surface area contributed by atoms with E-state index in [0.29, 0.717) is 0 Å². The molecule has 4 rings (SSSR count). The molecule has 4 heteroatoms. The fourth-order valence-electron chi connectivity index (χ4n) is 2.95. The maximum absolute atomic E-state index is 6.23. The van der Waals surface area contributed by atoms with Gasteiger partial charge >= 0.3 is 0 Å². The molecule has 0 bridgehead atoms. The first-order valence-corrected chi connectivity index (χ1v) is 6.74. The van der Waals surface area contributed by atoms with Crippen LogP contribution in [0.15, 0.2) is 12.1 Å². The molecule has 19 heavy (non-hydrogen) atoms. The number of hydrogen-bond acceptors (Lipinski definition) is 4. The normalized spacial score (nSPS) is 43.1. The molecular formula is C15H19NO3. The zero-order chi connectivity index (χ0) is 13.5. The van der Waals surface area contributed by atoms with Crippen LogP contribution < -0.4 is 5.73 Å². The molecule has 3 aliphatic rings. The third-order valence-electron chi connectivity index (χ3n) is 4.60. The lowest BCUT2D eigenvalue weighted by Crippen LogP contribution is -2.22. The van der Waals surface area contributed by atoms with Gasteiger partial charge in [0.1, 0.15) is 16.8 Å². The smallest absolute Gasteiger partial charge is 0.116 e. The van der Waals surface area contributed by atoms with Crippen LogP contribution in [0.2, 0.25) is 0 Å². The summed E-state index contributed by atoms with van der Waals surface area (Å²) in [5.41, 5.74) is 9.84. The Hall–Kier alpha value is -1.10. The largest absolute Gasteiger partial charge is 0.398 e. The highest BCUT2D eigenvalue weighted by molar-refractivity contribution is 5.62. The molecule has 3 fully saturated rings. The average Bonchev–Trinajstić information content (AvgIpc) is 3.23. The lowest BCUT2D eigenvalue weighted by Gasteiger charge is -2.24. The molecule has 0 aliphatic carbocycles. The summed E-state index contributed by atoms with van der Waals surface area (Å²) in [5.74, 6) is 0. The van der Waals surface area contributed by atoms with Crippen molar-refractivity contribution in [2.45, 2.75) is 37.6 Å². The van der Waals surface area contributed by atoms with Crippen molar-refractivity contribution in [3.8, 4) is 0 Å². The van der Waals surface area contributed by atoms with Crippen molar-refractivity contribution in [3.63, 3.8) is 0 Å². The molecule has 0 aromatic heterocycles. The zero-order valence-electron chi connectivity index (χ0n) is 11.6. The molecule has 0 amide bonds. The van der Waals surface area contributed by atoms with Gasteiger partial charge in [-0.05, 0) is 32.4 Å². The number of ether oxygens (including phenoxy) is 3. The molecule has 3 saturated heterocycles. The molecule has 4 nitrogen and oxygen atoms in total. The topological polar surface area (TPSA) is 63.6 Å². The Balaban J connectivity index is 1.98. The first-order valence-electron chi connectivity index (χ1n) is 6.74. The standard InChI is InChI=1S/C15H19NO3/c1-13(6-17-13)9-4-5-10(16)12(15(3)8-19-15)11(9)14(2)7-18-14/h4-5H,6-8,16H2,1-3H3. The van der Waals surface area contributed by atoms with Crippen LogP contribution >= 0.6 is 0 Å². The van der Waals surface area contributed by atoms with Crippen LogP contribution in [-0.2, 0) is 31.0 Å². The number of benzene rings is 1. The summed E-state index contributed by atoms with van der Waals surface area (Å²) >= 11 is 0. The van der Waals surface area contributed by atoms with E-state index >= 15 is 0 Å². The van der Waals surface area contributed by atoms with Gasteiger partial charge in [-0.2, -0.15) is 0 Å². The Kier molecular flexibility index (Phi) is 1.93. The highest BCUT2D eigenvalue weighted by Gasteiger charge is 2.55. The Morgan fingerprint density at radius 3 is 1.79 bits per heavy atom. The second-order valence-electron chi connectivity index (χ2n) is 6.51. The van der Waals surface area contributed by atoms with Crippen LogP contribution in [0.5, 0.6) is 0 Å². The summed E-state index contributed by atoms with van der Waals surface area (Å²) in [6.45, 7) is 8.55. The van der Waals surface area contributed by atoms with Gasteiger partial charge in [0.25, 0.3) is 0 Å². The maximum atomic E-state index is 6.23. The van der Waals surface area contributed by atoms with Gasteiger partial charge in [0.2, 0.25) is 0 Å². The molecular weight excluding hydrogens is 242 g/mol. The van der Waals surface area contributed by atoms with Crippen LogP contribution in [0.1, 0.15) is 37.5 Å². The summed E-state index contributed by atoms with van der Waals surface area (Å²) in [5, 5.41) is 0. The summed E-state index contributed by atoms with van der Waals surface area (Å²) in [4.78, 5) is 0. The van der Waals surface area contributed by atoms with Gasteiger partial charge in [0, 0.05) is 16.8 Å². The first kappa shape index (κ1) is 11.7. The van der Waals surface area contributed by atoms with Crippen LogP contribution in [0.25, 0.3) is 0 Å². The molecule has 0 saturated carbocycles.